The van der Waals surface area contributed by atoms with Gasteiger partial charge in [-0.1, -0.05) is 23.9 Å². The van der Waals surface area contributed by atoms with E-state index >= 15 is 0 Å². The monoisotopic (exact) mass is 327 g/mol. The van der Waals surface area contributed by atoms with Gasteiger partial charge in [0.05, 0.1) is 11.1 Å². The lowest BCUT2D eigenvalue weighted by molar-refractivity contribution is 0.0297. The van der Waals surface area contributed by atoms with Crippen molar-refractivity contribution < 1.29 is 14.3 Å². The number of thioether (sulfide) groups is 1. The van der Waals surface area contributed by atoms with Crippen LogP contribution in [0.25, 0.3) is 0 Å². The van der Waals surface area contributed by atoms with E-state index in [0.717, 1.165) is 11.3 Å². The molecule has 1 atom stereocenters. The highest BCUT2D eigenvalue weighted by atomic mass is 32.2. The standard InChI is InChI=1S/C16H13N3O3S/c1-8-11-7-12(22-13(11)18-16(17-8)23-2)19-14(20)9-5-3-4-6-10(9)15(19)21/h3-6,12H,7H2,1-2H3. The number of carbonyl (C=O) groups is 2. The summed E-state index contributed by atoms with van der Waals surface area (Å²) in [4.78, 5) is 35.0. The Kier molecular flexibility index (Phi) is 3.12. The van der Waals surface area contributed by atoms with Crippen LogP contribution >= 0.6 is 11.8 Å². The molecule has 4 rings (SSSR count). The van der Waals surface area contributed by atoms with Crippen LogP contribution in [-0.2, 0) is 6.42 Å². The number of nitrogens with zero attached hydrogens (tertiary/aromatic N) is 3. The maximum atomic E-state index is 12.5. The number of aryl methyl sites for hydroxylation is 1. The lowest BCUT2D eigenvalue weighted by Gasteiger charge is -2.20. The van der Waals surface area contributed by atoms with Gasteiger partial charge in [-0.2, -0.15) is 4.98 Å². The van der Waals surface area contributed by atoms with E-state index in [4.69, 9.17) is 4.74 Å². The first-order chi connectivity index (χ1) is 11.1. The molecule has 2 amide bonds. The molecule has 1 aromatic heterocycles. The van der Waals surface area contributed by atoms with Crippen LogP contribution in [0.3, 0.4) is 0 Å². The molecule has 3 heterocycles. The minimum absolute atomic E-state index is 0.320. The molecule has 1 unspecified atom stereocenters. The number of fused-ring (bicyclic) bond motifs is 2. The highest BCUT2D eigenvalue weighted by molar-refractivity contribution is 7.98. The fourth-order valence-electron chi connectivity index (χ4n) is 2.93. The number of benzene rings is 1. The van der Waals surface area contributed by atoms with Gasteiger partial charge in [0.15, 0.2) is 11.4 Å². The van der Waals surface area contributed by atoms with Gasteiger partial charge in [-0.15, -0.1) is 0 Å². The van der Waals surface area contributed by atoms with Gasteiger partial charge in [-0.05, 0) is 25.3 Å². The number of amides is 2. The molecule has 0 spiro atoms. The molecule has 6 nitrogen and oxygen atoms in total. The van der Waals surface area contributed by atoms with Gasteiger partial charge in [0, 0.05) is 17.7 Å². The van der Waals surface area contributed by atoms with Gasteiger partial charge in [0.2, 0.25) is 5.88 Å². The number of rotatable bonds is 2. The number of imide groups is 1. The zero-order chi connectivity index (χ0) is 16.1. The summed E-state index contributed by atoms with van der Waals surface area (Å²) in [5, 5.41) is 0.615. The molecule has 7 heteroatoms. The number of carbonyl (C=O) groups excluding carboxylic acids is 2. The molecule has 2 aliphatic rings. The van der Waals surface area contributed by atoms with Crippen molar-refractivity contribution in [2.75, 3.05) is 6.26 Å². The summed E-state index contributed by atoms with van der Waals surface area (Å²) < 4.78 is 5.81. The van der Waals surface area contributed by atoms with Crippen molar-refractivity contribution in [3.63, 3.8) is 0 Å². The molecule has 116 valence electrons. The van der Waals surface area contributed by atoms with Crippen LogP contribution in [0.15, 0.2) is 29.4 Å². The largest absolute Gasteiger partial charge is 0.452 e. The Morgan fingerprint density at radius 2 is 1.83 bits per heavy atom. The summed E-state index contributed by atoms with van der Waals surface area (Å²) in [6.07, 6.45) is 1.64. The van der Waals surface area contributed by atoms with Crippen LogP contribution in [0, 0.1) is 6.92 Å². The van der Waals surface area contributed by atoms with E-state index in [-0.39, 0.29) is 11.8 Å². The van der Waals surface area contributed by atoms with Gasteiger partial charge >= 0.3 is 0 Å². The third kappa shape index (κ3) is 2.03. The zero-order valence-corrected chi connectivity index (χ0v) is 13.4. The van der Waals surface area contributed by atoms with Gasteiger partial charge in [-0.25, -0.2) is 9.88 Å². The van der Waals surface area contributed by atoms with Gasteiger partial charge < -0.3 is 4.74 Å². The van der Waals surface area contributed by atoms with Crippen LogP contribution in [0.1, 0.15) is 32.0 Å². The summed E-state index contributed by atoms with van der Waals surface area (Å²) in [5.41, 5.74) is 2.51. The lowest BCUT2D eigenvalue weighted by Crippen LogP contribution is -2.42. The quantitative estimate of drug-likeness (QED) is 0.478. The number of hydrogen-bond acceptors (Lipinski definition) is 6. The second kappa shape index (κ2) is 5.06. The van der Waals surface area contributed by atoms with Crippen molar-refractivity contribution >= 4 is 23.6 Å². The van der Waals surface area contributed by atoms with Crippen LogP contribution in [-0.4, -0.2) is 39.2 Å². The molecule has 1 aromatic carbocycles. The zero-order valence-electron chi connectivity index (χ0n) is 12.6. The van der Waals surface area contributed by atoms with Gasteiger partial charge in [-0.3, -0.25) is 9.59 Å². The Labute approximate surface area is 136 Å². The van der Waals surface area contributed by atoms with E-state index < -0.39 is 6.23 Å². The Morgan fingerprint density at radius 1 is 1.17 bits per heavy atom. The maximum Gasteiger partial charge on any atom is 0.264 e. The van der Waals surface area contributed by atoms with Crippen molar-refractivity contribution in [1.29, 1.82) is 0 Å². The van der Waals surface area contributed by atoms with Gasteiger partial charge in [0.1, 0.15) is 0 Å². The fourth-order valence-corrected chi connectivity index (χ4v) is 3.33. The summed E-state index contributed by atoms with van der Waals surface area (Å²) in [5.74, 6) is -0.179. The van der Waals surface area contributed by atoms with E-state index in [2.05, 4.69) is 9.97 Å². The maximum absolute atomic E-state index is 12.5. The Balaban J connectivity index is 1.68. The van der Waals surface area contributed by atoms with E-state index in [9.17, 15) is 9.59 Å². The average Bonchev–Trinajstić information content (AvgIpc) is 3.08. The molecule has 0 N–H and O–H groups in total. The first kappa shape index (κ1) is 14.2. The molecule has 0 saturated heterocycles. The second-order valence-corrected chi connectivity index (χ2v) is 6.16. The third-order valence-electron chi connectivity index (χ3n) is 4.08. The molecule has 0 bridgehead atoms. The minimum Gasteiger partial charge on any atom is -0.452 e. The van der Waals surface area contributed by atoms with Crippen LogP contribution in [0.2, 0.25) is 0 Å². The first-order valence-corrected chi connectivity index (χ1v) is 8.37. The van der Waals surface area contributed by atoms with Crippen LogP contribution in [0.5, 0.6) is 5.88 Å². The summed E-state index contributed by atoms with van der Waals surface area (Å²) in [6, 6.07) is 6.82. The Bertz CT molecular complexity index is 817. The van der Waals surface area contributed by atoms with Crippen molar-refractivity contribution in [1.82, 2.24) is 14.9 Å². The Morgan fingerprint density at radius 3 is 2.43 bits per heavy atom. The predicted molar refractivity (Wildman–Crippen MR) is 83.6 cm³/mol. The smallest absolute Gasteiger partial charge is 0.264 e. The molecular formula is C16H13N3O3S. The second-order valence-electron chi connectivity index (χ2n) is 5.38. The SMILES string of the molecule is CSc1nc(C)c2c(n1)OC(N1C(=O)c3ccccc3C1=O)C2. The topological polar surface area (TPSA) is 72.4 Å². The summed E-state index contributed by atoms with van der Waals surface area (Å²) in [7, 11) is 0. The van der Waals surface area contributed by atoms with Crippen molar-refractivity contribution in [3.8, 4) is 5.88 Å². The molecule has 0 radical (unpaired) electrons. The van der Waals surface area contributed by atoms with Crippen LogP contribution in [0.4, 0.5) is 0 Å². The Hall–Kier alpha value is -2.41. The normalized spacial score (nSPS) is 18.9. The molecule has 2 aromatic rings. The number of aromatic nitrogens is 2. The lowest BCUT2D eigenvalue weighted by atomic mass is 10.1. The number of hydrogen-bond donors (Lipinski definition) is 0. The van der Waals surface area contributed by atoms with E-state index in [1.807, 2.05) is 13.2 Å². The average molecular weight is 327 g/mol. The molecule has 23 heavy (non-hydrogen) atoms. The van der Waals surface area contributed by atoms with Crippen LogP contribution < -0.4 is 4.74 Å². The first-order valence-electron chi connectivity index (χ1n) is 7.15. The number of ether oxygens (including phenoxy) is 1. The molecule has 0 aliphatic carbocycles. The van der Waals surface area contributed by atoms with Crippen molar-refractivity contribution in [3.05, 3.63) is 46.6 Å². The molecule has 2 aliphatic heterocycles. The predicted octanol–water partition coefficient (Wildman–Crippen LogP) is 2.06. The molecule has 0 saturated carbocycles. The van der Waals surface area contributed by atoms with E-state index in [0.29, 0.717) is 28.6 Å². The van der Waals surface area contributed by atoms with E-state index in [1.165, 1.54) is 16.7 Å². The highest BCUT2D eigenvalue weighted by Gasteiger charge is 2.44. The summed E-state index contributed by atoms with van der Waals surface area (Å²) >= 11 is 1.42. The van der Waals surface area contributed by atoms with E-state index in [1.54, 1.807) is 24.3 Å². The molecule has 0 fully saturated rings. The highest BCUT2D eigenvalue weighted by Crippen LogP contribution is 2.34. The fraction of sp³-hybridized carbons (Fsp3) is 0.250. The third-order valence-corrected chi connectivity index (χ3v) is 4.63. The van der Waals surface area contributed by atoms with Crippen molar-refractivity contribution in [2.24, 2.45) is 0 Å². The molecular weight excluding hydrogens is 314 g/mol. The summed E-state index contributed by atoms with van der Waals surface area (Å²) in [6.45, 7) is 1.88. The minimum atomic E-state index is -0.664. The van der Waals surface area contributed by atoms with Gasteiger partial charge in [0.25, 0.3) is 11.8 Å². The van der Waals surface area contributed by atoms with Crippen molar-refractivity contribution in [2.45, 2.75) is 24.7 Å².